The maximum Gasteiger partial charge on any atom is 0.311 e. The van der Waals surface area contributed by atoms with E-state index in [0.29, 0.717) is 6.61 Å². The molecule has 0 saturated carbocycles. The fourth-order valence-electron chi connectivity index (χ4n) is 3.46. The van der Waals surface area contributed by atoms with Gasteiger partial charge in [-0.3, -0.25) is 9.59 Å². The summed E-state index contributed by atoms with van der Waals surface area (Å²) in [6, 6.07) is 0. The smallest absolute Gasteiger partial charge is 0.311 e. The van der Waals surface area contributed by atoms with Crippen LogP contribution < -0.4 is 0 Å². The average molecular weight is 415 g/mol. The van der Waals surface area contributed by atoms with Crippen molar-refractivity contribution in [1.29, 1.82) is 0 Å². The van der Waals surface area contributed by atoms with Gasteiger partial charge in [-0.2, -0.15) is 0 Å². The molecule has 0 aliphatic carbocycles. The van der Waals surface area contributed by atoms with Gasteiger partial charge in [-0.15, -0.1) is 0 Å². The molecule has 0 radical (unpaired) electrons. The summed E-state index contributed by atoms with van der Waals surface area (Å²) in [4.78, 5) is 24.4. The van der Waals surface area contributed by atoms with Gasteiger partial charge in [0.1, 0.15) is 0 Å². The van der Waals surface area contributed by atoms with Gasteiger partial charge in [0.15, 0.2) is 0 Å². The minimum absolute atomic E-state index is 0.111. The van der Waals surface area contributed by atoms with E-state index in [4.69, 9.17) is 14.2 Å². The second kappa shape index (κ2) is 13.3. The normalized spacial score (nSPS) is 16.0. The van der Waals surface area contributed by atoms with Gasteiger partial charge in [0, 0.05) is 6.61 Å². The van der Waals surface area contributed by atoms with Gasteiger partial charge >= 0.3 is 11.9 Å². The second-order valence-electron chi connectivity index (χ2n) is 9.71. The summed E-state index contributed by atoms with van der Waals surface area (Å²) in [5, 5.41) is 0. The molecule has 5 nitrogen and oxygen atoms in total. The predicted octanol–water partition coefficient (Wildman–Crippen LogP) is 5.94. The van der Waals surface area contributed by atoms with Crippen LogP contribution in [0, 0.1) is 16.2 Å². The third-order valence-electron chi connectivity index (χ3n) is 6.42. The summed E-state index contributed by atoms with van der Waals surface area (Å²) in [6.07, 6.45) is 8.60. The largest absolute Gasteiger partial charge is 0.469 e. The Morgan fingerprint density at radius 2 is 1.34 bits per heavy atom. The fraction of sp³-hybridized carbons (Fsp3) is 0.917. The van der Waals surface area contributed by atoms with Crippen molar-refractivity contribution in [2.45, 2.75) is 99.3 Å². The quantitative estimate of drug-likeness (QED) is 0.231. The Kier molecular flexibility index (Phi) is 12.7. The lowest BCUT2D eigenvalue weighted by Crippen LogP contribution is -2.34. The predicted molar refractivity (Wildman–Crippen MR) is 118 cm³/mol. The van der Waals surface area contributed by atoms with E-state index in [2.05, 4.69) is 13.8 Å². The van der Waals surface area contributed by atoms with Crippen molar-refractivity contribution >= 4 is 11.9 Å². The van der Waals surface area contributed by atoms with E-state index in [0.717, 1.165) is 45.1 Å². The third kappa shape index (κ3) is 9.97. The van der Waals surface area contributed by atoms with E-state index in [1.165, 1.54) is 33.5 Å². The molecule has 0 aromatic heterocycles. The van der Waals surface area contributed by atoms with Crippen LogP contribution in [0.1, 0.15) is 99.3 Å². The molecule has 5 heteroatoms. The highest BCUT2D eigenvalue weighted by atomic mass is 16.5. The van der Waals surface area contributed by atoms with E-state index < -0.39 is 10.8 Å². The lowest BCUT2D eigenvalue weighted by atomic mass is 9.71. The number of unbranched alkanes of at least 4 members (excludes halogenated alkanes) is 3. The highest BCUT2D eigenvalue weighted by Gasteiger charge is 2.38. The van der Waals surface area contributed by atoms with Crippen molar-refractivity contribution in [2.24, 2.45) is 16.2 Å². The molecule has 0 aliphatic heterocycles. The molecule has 0 fully saturated rings. The average Bonchev–Trinajstić information content (AvgIpc) is 2.72. The van der Waals surface area contributed by atoms with Gasteiger partial charge in [-0.25, -0.2) is 0 Å². The first kappa shape index (κ1) is 27.9. The number of carbonyl (C=O) groups excluding carboxylic acids is 2. The Morgan fingerprint density at radius 3 is 1.86 bits per heavy atom. The summed E-state index contributed by atoms with van der Waals surface area (Å²) in [7, 11) is 2.89. The number of rotatable bonds is 16. The number of hydrogen-bond acceptors (Lipinski definition) is 5. The fourth-order valence-corrected chi connectivity index (χ4v) is 3.46. The molecule has 172 valence electrons. The van der Waals surface area contributed by atoms with E-state index in [1.807, 2.05) is 27.7 Å². The van der Waals surface area contributed by atoms with Crippen LogP contribution in [0.4, 0.5) is 0 Å². The summed E-state index contributed by atoms with van der Waals surface area (Å²) >= 11 is 0. The maximum absolute atomic E-state index is 12.3. The molecule has 2 atom stereocenters. The van der Waals surface area contributed by atoms with Gasteiger partial charge in [-0.05, 0) is 64.7 Å². The van der Waals surface area contributed by atoms with Crippen LogP contribution in [0.15, 0.2) is 0 Å². The van der Waals surface area contributed by atoms with Gasteiger partial charge in [-0.1, -0.05) is 40.0 Å². The zero-order chi connectivity index (χ0) is 22.6. The maximum atomic E-state index is 12.3. The van der Waals surface area contributed by atoms with Crippen LogP contribution >= 0.6 is 0 Å². The zero-order valence-corrected chi connectivity index (χ0v) is 20.3. The van der Waals surface area contributed by atoms with Gasteiger partial charge in [0.05, 0.1) is 31.7 Å². The van der Waals surface area contributed by atoms with Crippen molar-refractivity contribution in [3.05, 3.63) is 0 Å². The first-order chi connectivity index (χ1) is 13.5. The number of hydrogen-bond donors (Lipinski definition) is 0. The van der Waals surface area contributed by atoms with Crippen LogP contribution in [-0.2, 0) is 23.8 Å². The zero-order valence-electron chi connectivity index (χ0n) is 20.3. The molecule has 0 aliphatic rings. The van der Waals surface area contributed by atoms with E-state index in [1.54, 1.807) is 0 Å². The molecule has 0 aromatic rings. The lowest BCUT2D eigenvalue weighted by molar-refractivity contribution is -0.153. The Balaban J connectivity index is 5.06. The highest BCUT2D eigenvalue weighted by molar-refractivity contribution is 5.76. The highest BCUT2D eigenvalue weighted by Crippen LogP contribution is 2.40. The molecule has 0 saturated heterocycles. The van der Waals surface area contributed by atoms with Gasteiger partial charge < -0.3 is 14.2 Å². The van der Waals surface area contributed by atoms with Crippen molar-refractivity contribution in [1.82, 2.24) is 0 Å². The first-order valence-corrected chi connectivity index (χ1v) is 11.2. The Hall–Kier alpha value is -1.10. The second-order valence-corrected chi connectivity index (χ2v) is 9.71. The van der Waals surface area contributed by atoms with Crippen molar-refractivity contribution in [3.63, 3.8) is 0 Å². The molecule has 0 N–H and O–H groups in total. The molecular weight excluding hydrogens is 368 g/mol. The van der Waals surface area contributed by atoms with Crippen molar-refractivity contribution in [2.75, 3.05) is 27.4 Å². The topological polar surface area (TPSA) is 61.8 Å². The Bertz CT molecular complexity index is 488. The molecule has 2 unspecified atom stereocenters. The Labute approximate surface area is 179 Å². The van der Waals surface area contributed by atoms with Crippen LogP contribution in [0.5, 0.6) is 0 Å². The standard InChI is InChI=1S/C24H46O5/c1-9-11-12-13-18-29-19-23(5,15-14-22(3,4)20(25)27-7)16-17-24(6,10-2)21(26)28-8/h9-19H2,1-8H3. The summed E-state index contributed by atoms with van der Waals surface area (Å²) in [6.45, 7) is 13.7. The van der Waals surface area contributed by atoms with Gasteiger partial charge in [0.25, 0.3) is 0 Å². The number of carbonyl (C=O) groups is 2. The molecule has 0 spiro atoms. The van der Waals surface area contributed by atoms with E-state index in [-0.39, 0.29) is 17.4 Å². The van der Waals surface area contributed by atoms with E-state index in [9.17, 15) is 9.59 Å². The third-order valence-corrected chi connectivity index (χ3v) is 6.42. The number of ether oxygens (including phenoxy) is 3. The number of esters is 2. The molecule has 29 heavy (non-hydrogen) atoms. The molecule has 0 bridgehead atoms. The van der Waals surface area contributed by atoms with Crippen molar-refractivity contribution < 1.29 is 23.8 Å². The van der Waals surface area contributed by atoms with Crippen LogP contribution in [-0.4, -0.2) is 39.4 Å². The van der Waals surface area contributed by atoms with Gasteiger partial charge in [0.2, 0.25) is 0 Å². The molecule has 0 rings (SSSR count). The Morgan fingerprint density at radius 1 is 0.759 bits per heavy atom. The summed E-state index contributed by atoms with van der Waals surface area (Å²) < 4.78 is 16.0. The molecular formula is C24H46O5. The summed E-state index contributed by atoms with van der Waals surface area (Å²) in [5.74, 6) is -0.342. The van der Waals surface area contributed by atoms with Crippen LogP contribution in [0.25, 0.3) is 0 Å². The summed E-state index contributed by atoms with van der Waals surface area (Å²) in [5.41, 5.74) is -1.14. The molecule has 0 aromatic carbocycles. The minimum Gasteiger partial charge on any atom is -0.469 e. The minimum atomic E-state index is -0.534. The lowest BCUT2D eigenvalue weighted by Gasteiger charge is -2.36. The van der Waals surface area contributed by atoms with Crippen molar-refractivity contribution in [3.8, 4) is 0 Å². The van der Waals surface area contributed by atoms with Crippen LogP contribution in [0.3, 0.4) is 0 Å². The SMILES string of the molecule is CCCCCCOCC(C)(CCC(C)(C)C(=O)OC)CCC(C)(CC)C(=O)OC. The monoisotopic (exact) mass is 414 g/mol. The number of methoxy groups -OCH3 is 2. The molecule has 0 amide bonds. The molecule has 0 heterocycles. The van der Waals surface area contributed by atoms with E-state index >= 15 is 0 Å². The van der Waals surface area contributed by atoms with Crippen LogP contribution in [0.2, 0.25) is 0 Å². The first-order valence-electron chi connectivity index (χ1n) is 11.2.